The molecule has 0 radical (unpaired) electrons. The first-order chi connectivity index (χ1) is 10.7. The van der Waals surface area contributed by atoms with Gasteiger partial charge in [-0.05, 0) is 52.0 Å². The molecule has 1 unspecified atom stereocenters. The molecule has 1 amide bonds. The van der Waals surface area contributed by atoms with Crippen LogP contribution in [0.5, 0.6) is 0 Å². The molecule has 1 aromatic heterocycles. The molecule has 124 valence electrons. The molecule has 0 fully saturated rings. The lowest BCUT2D eigenvalue weighted by Gasteiger charge is -2.20. The minimum atomic E-state index is -0.698. The molecule has 0 aliphatic carbocycles. The molecule has 0 aliphatic heterocycles. The van der Waals surface area contributed by atoms with Crippen molar-refractivity contribution in [1.29, 1.82) is 0 Å². The normalized spacial score (nSPS) is 12.6. The predicted molar refractivity (Wildman–Crippen MR) is 87.0 cm³/mol. The van der Waals surface area contributed by atoms with Crippen LogP contribution in [0.1, 0.15) is 39.3 Å². The first kappa shape index (κ1) is 16.9. The van der Waals surface area contributed by atoms with Crippen molar-refractivity contribution in [3.63, 3.8) is 0 Å². The number of hydrogen-bond donors (Lipinski definition) is 2. The van der Waals surface area contributed by atoms with E-state index in [1.807, 2.05) is 13.0 Å². The van der Waals surface area contributed by atoms with E-state index >= 15 is 0 Å². The summed E-state index contributed by atoms with van der Waals surface area (Å²) in [6.07, 6.45) is 2.53. The SMILES string of the molecule is CC(Nc1ccc(F)c(NC(=O)OC(C)(C)C)c1)c1ccoc1. The summed E-state index contributed by atoms with van der Waals surface area (Å²) in [5, 5.41) is 5.64. The number of benzene rings is 1. The van der Waals surface area contributed by atoms with Crippen LogP contribution in [0.25, 0.3) is 0 Å². The molecule has 1 atom stereocenters. The molecule has 0 aliphatic rings. The summed E-state index contributed by atoms with van der Waals surface area (Å²) in [6, 6.07) is 6.24. The summed E-state index contributed by atoms with van der Waals surface area (Å²) in [5.41, 5.74) is 1.05. The van der Waals surface area contributed by atoms with Crippen molar-refractivity contribution in [3.05, 3.63) is 48.2 Å². The molecule has 23 heavy (non-hydrogen) atoms. The Labute approximate surface area is 134 Å². The van der Waals surface area contributed by atoms with E-state index < -0.39 is 17.5 Å². The highest BCUT2D eigenvalue weighted by molar-refractivity contribution is 5.85. The minimum absolute atomic E-state index is 0.0198. The van der Waals surface area contributed by atoms with E-state index in [9.17, 15) is 9.18 Å². The zero-order valence-corrected chi connectivity index (χ0v) is 13.6. The van der Waals surface area contributed by atoms with Crippen molar-refractivity contribution in [1.82, 2.24) is 0 Å². The number of carbonyl (C=O) groups is 1. The fraction of sp³-hybridized carbons (Fsp3) is 0.353. The fourth-order valence-electron chi connectivity index (χ4n) is 1.98. The second-order valence-corrected chi connectivity index (χ2v) is 6.24. The number of rotatable bonds is 4. The second-order valence-electron chi connectivity index (χ2n) is 6.24. The van der Waals surface area contributed by atoms with Gasteiger partial charge in [0.25, 0.3) is 0 Å². The summed E-state index contributed by atoms with van der Waals surface area (Å²) in [6.45, 7) is 7.18. The van der Waals surface area contributed by atoms with Crippen LogP contribution in [0.15, 0.2) is 41.2 Å². The third-order valence-electron chi connectivity index (χ3n) is 3.03. The summed E-state index contributed by atoms with van der Waals surface area (Å²) < 4.78 is 24.0. The molecule has 0 saturated carbocycles. The van der Waals surface area contributed by atoms with Crippen molar-refractivity contribution in [3.8, 4) is 0 Å². The highest BCUT2D eigenvalue weighted by atomic mass is 19.1. The van der Waals surface area contributed by atoms with Crippen LogP contribution >= 0.6 is 0 Å². The Morgan fingerprint density at radius 1 is 1.30 bits per heavy atom. The van der Waals surface area contributed by atoms with Crippen molar-refractivity contribution in [2.24, 2.45) is 0 Å². The van der Waals surface area contributed by atoms with Gasteiger partial charge in [-0.2, -0.15) is 0 Å². The van der Waals surface area contributed by atoms with Gasteiger partial charge in [-0.15, -0.1) is 0 Å². The Morgan fingerprint density at radius 3 is 2.65 bits per heavy atom. The minimum Gasteiger partial charge on any atom is -0.472 e. The van der Waals surface area contributed by atoms with Gasteiger partial charge in [0.15, 0.2) is 0 Å². The van der Waals surface area contributed by atoms with E-state index in [-0.39, 0.29) is 11.7 Å². The Kier molecular flexibility index (Phi) is 4.93. The third kappa shape index (κ3) is 5.02. The van der Waals surface area contributed by atoms with Gasteiger partial charge in [0.1, 0.15) is 11.4 Å². The van der Waals surface area contributed by atoms with E-state index in [2.05, 4.69) is 10.6 Å². The number of amides is 1. The quantitative estimate of drug-likeness (QED) is 0.837. The van der Waals surface area contributed by atoms with Crippen molar-refractivity contribution >= 4 is 17.5 Å². The van der Waals surface area contributed by atoms with Gasteiger partial charge in [0, 0.05) is 11.3 Å². The van der Waals surface area contributed by atoms with Gasteiger partial charge in [-0.1, -0.05) is 0 Å². The molecule has 2 aromatic rings. The fourth-order valence-corrected chi connectivity index (χ4v) is 1.98. The van der Waals surface area contributed by atoms with Gasteiger partial charge in [0.05, 0.1) is 24.3 Å². The summed E-state index contributed by atoms with van der Waals surface area (Å²) in [4.78, 5) is 11.8. The van der Waals surface area contributed by atoms with Crippen LogP contribution in [0.3, 0.4) is 0 Å². The topological polar surface area (TPSA) is 63.5 Å². The van der Waals surface area contributed by atoms with Crippen molar-refractivity contribution < 1.29 is 18.3 Å². The van der Waals surface area contributed by atoms with Crippen molar-refractivity contribution in [2.75, 3.05) is 10.6 Å². The number of nitrogens with one attached hydrogen (secondary N) is 2. The van der Waals surface area contributed by atoms with E-state index in [0.717, 1.165) is 5.56 Å². The Balaban J connectivity index is 2.08. The highest BCUT2D eigenvalue weighted by Crippen LogP contribution is 2.24. The number of ether oxygens (including phenoxy) is 1. The molecule has 1 heterocycles. The molecule has 5 nitrogen and oxygen atoms in total. The molecule has 2 N–H and O–H groups in total. The van der Waals surface area contributed by atoms with Crippen LogP contribution in [-0.4, -0.2) is 11.7 Å². The largest absolute Gasteiger partial charge is 0.472 e. The van der Waals surface area contributed by atoms with Crippen LogP contribution in [-0.2, 0) is 4.74 Å². The number of hydrogen-bond acceptors (Lipinski definition) is 4. The average molecular weight is 320 g/mol. The monoisotopic (exact) mass is 320 g/mol. The Morgan fingerprint density at radius 2 is 2.04 bits per heavy atom. The van der Waals surface area contributed by atoms with E-state index in [0.29, 0.717) is 5.69 Å². The van der Waals surface area contributed by atoms with Crippen molar-refractivity contribution in [2.45, 2.75) is 39.3 Å². The maximum atomic E-state index is 13.9. The Hall–Kier alpha value is -2.50. The van der Waals surface area contributed by atoms with Gasteiger partial charge in [-0.25, -0.2) is 9.18 Å². The number of carbonyl (C=O) groups excluding carboxylic acids is 1. The zero-order valence-electron chi connectivity index (χ0n) is 13.6. The van der Waals surface area contributed by atoms with Crippen LogP contribution in [0, 0.1) is 5.82 Å². The van der Waals surface area contributed by atoms with Crippen LogP contribution in [0.4, 0.5) is 20.6 Å². The molecular formula is C17H21FN2O3. The van der Waals surface area contributed by atoms with E-state index in [1.165, 1.54) is 12.1 Å². The van der Waals surface area contributed by atoms with E-state index in [4.69, 9.17) is 9.15 Å². The summed E-state index contributed by atoms with van der Waals surface area (Å²) in [5.74, 6) is -0.530. The van der Waals surface area contributed by atoms with Crippen LogP contribution < -0.4 is 10.6 Å². The highest BCUT2D eigenvalue weighted by Gasteiger charge is 2.17. The Bertz CT molecular complexity index is 663. The smallest absolute Gasteiger partial charge is 0.412 e. The molecule has 6 heteroatoms. The number of anilines is 2. The maximum absolute atomic E-state index is 13.9. The molecule has 1 aromatic carbocycles. The molecule has 0 saturated heterocycles. The van der Waals surface area contributed by atoms with Gasteiger partial charge >= 0.3 is 6.09 Å². The molecule has 0 bridgehead atoms. The zero-order chi connectivity index (χ0) is 17.0. The van der Waals surface area contributed by atoms with Gasteiger partial charge in [-0.3, -0.25) is 5.32 Å². The molecule has 0 spiro atoms. The number of furan rings is 1. The van der Waals surface area contributed by atoms with Gasteiger partial charge in [0.2, 0.25) is 0 Å². The second kappa shape index (κ2) is 6.73. The summed E-state index contributed by atoms with van der Waals surface area (Å²) >= 11 is 0. The first-order valence-corrected chi connectivity index (χ1v) is 7.33. The van der Waals surface area contributed by atoms with E-state index in [1.54, 1.807) is 39.4 Å². The van der Waals surface area contributed by atoms with Gasteiger partial charge < -0.3 is 14.5 Å². The maximum Gasteiger partial charge on any atom is 0.412 e. The lowest BCUT2D eigenvalue weighted by Crippen LogP contribution is -2.27. The standard InChI is InChI=1S/C17H21FN2O3/c1-11(12-7-8-22-10-12)19-13-5-6-14(18)15(9-13)20-16(21)23-17(2,3)4/h5-11,19H,1-4H3,(H,20,21). The predicted octanol–water partition coefficient (Wildman–Crippen LogP) is 4.94. The molecular weight excluding hydrogens is 299 g/mol. The lowest BCUT2D eigenvalue weighted by molar-refractivity contribution is 0.0635. The number of halogens is 1. The molecule has 2 rings (SSSR count). The first-order valence-electron chi connectivity index (χ1n) is 7.33. The lowest BCUT2D eigenvalue weighted by atomic mass is 10.1. The average Bonchev–Trinajstić information content (AvgIpc) is 2.94. The third-order valence-corrected chi connectivity index (χ3v) is 3.03. The summed E-state index contributed by atoms with van der Waals surface area (Å²) in [7, 11) is 0. The van der Waals surface area contributed by atoms with Crippen LogP contribution in [0.2, 0.25) is 0 Å².